The Balaban J connectivity index is 1.83. The molecule has 0 radical (unpaired) electrons. The molecule has 0 saturated carbocycles. The second kappa shape index (κ2) is 8.67. The maximum Gasteiger partial charge on any atom is 0.223 e. The Morgan fingerprint density at radius 1 is 1.26 bits per heavy atom. The monoisotopic (exact) mass is 318 g/mol. The van der Waals surface area contributed by atoms with E-state index in [1.165, 1.54) is 0 Å². The average molecular weight is 318 g/mol. The van der Waals surface area contributed by atoms with Crippen LogP contribution in [-0.4, -0.2) is 42.3 Å². The first kappa shape index (κ1) is 17.5. The van der Waals surface area contributed by atoms with E-state index in [0.29, 0.717) is 18.7 Å². The first-order chi connectivity index (χ1) is 11.2. The lowest BCUT2D eigenvalue weighted by Crippen LogP contribution is -2.39. The standard InChI is InChI=1S/C18H26N2O3/c1-2-12-23-16-7-5-14(6-8-16)17(21)9-10-18(22)20-11-3-4-15(20)13-19/h5-8,15H,2-4,9-13,19H2,1H3. The van der Waals surface area contributed by atoms with Crippen LogP contribution in [0.2, 0.25) is 0 Å². The van der Waals surface area contributed by atoms with Gasteiger partial charge in [-0.05, 0) is 43.5 Å². The number of amides is 1. The highest BCUT2D eigenvalue weighted by atomic mass is 16.5. The summed E-state index contributed by atoms with van der Waals surface area (Å²) < 4.78 is 5.50. The number of ketones is 1. The summed E-state index contributed by atoms with van der Waals surface area (Å²) in [5.41, 5.74) is 6.31. The van der Waals surface area contributed by atoms with Crippen molar-refractivity contribution < 1.29 is 14.3 Å². The van der Waals surface area contributed by atoms with Crippen molar-refractivity contribution in [3.05, 3.63) is 29.8 Å². The molecule has 1 unspecified atom stereocenters. The third-order valence-corrected chi connectivity index (χ3v) is 4.18. The molecule has 1 saturated heterocycles. The maximum absolute atomic E-state index is 12.2. The molecule has 0 spiro atoms. The van der Waals surface area contributed by atoms with Crippen molar-refractivity contribution in [2.75, 3.05) is 19.7 Å². The van der Waals surface area contributed by atoms with Crippen molar-refractivity contribution in [1.82, 2.24) is 4.90 Å². The van der Waals surface area contributed by atoms with Crippen LogP contribution in [0.25, 0.3) is 0 Å². The zero-order valence-corrected chi connectivity index (χ0v) is 13.8. The fourth-order valence-electron chi connectivity index (χ4n) is 2.87. The van der Waals surface area contributed by atoms with Crippen LogP contribution in [0.15, 0.2) is 24.3 Å². The van der Waals surface area contributed by atoms with Crippen LogP contribution in [-0.2, 0) is 4.79 Å². The van der Waals surface area contributed by atoms with Gasteiger partial charge in [0.05, 0.1) is 6.61 Å². The van der Waals surface area contributed by atoms with E-state index in [2.05, 4.69) is 0 Å². The predicted octanol–water partition coefficient (Wildman–Crippen LogP) is 2.39. The lowest BCUT2D eigenvalue weighted by atomic mass is 10.1. The number of carbonyl (C=O) groups excluding carboxylic acids is 2. The normalized spacial score (nSPS) is 17.3. The third-order valence-electron chi connectivity index (χ3n) is 4.18. The molecule has 126 valence electrons. The highest BCUT2D eigenvalue weighted by Crippen LogP contribution is 2.19. The van der Waals surface area contributed by atoms with Gasteiger partial charge in [0.25, 0.3) is 0 Å². The van der Waals surface area contributed by atoms with Crippen molar-refractivity contribution in [2.24, 2.45) is 5.73 Å². The third kappa shape index (κ3) is 4.79. The van der Waals surface area contributed by atoms with Gasteiger partial charge in [-0.3, -0.25) is 9.59 Å². The van der Waals surface area contributed by atoms with E-state index in [1.807, 2.05) is 11.8 Å². The minimum atomic E-state index is -0.0103. The minimum Gasteiger partial charge on any atom is -0.494 e. The Morgan fingerprint density at radius 3 is 2.65 bits per heavy atom. The van der Waals surface area contributed by atoms with Crippen LogP contribution >= 0.6 is 0 Å². The van der Waals surface area contributed by atoms with Gasteiger partial charge in [0.2, 0.25) is 5.91 Å². The SMILES string of the molecule is CCCOc1ccc(C(=O)CCC(=O)N2CCCC2CN)cc1. The van der Waals surface area contributed by atoms with Gasteiger partial charge in [-0.1, -0.05) is 6.92 Å². The lowest BCUT2D eigenvalue weighted by Gasteiger charge is -2.23. The molecule has 1 heterocycles. The first-order valence-electron chi connectivity index (χ1n) is 8.41. The molecular formula is C18H26N2O3. The molecule has 0 aliphatic carbocycles. The number of hydrogen-bond donors (Lipinski definition) is 1. The molecule has 0 bridgehead atoms. The van der Waals surface area contributed by atoms with Gasteiger partial charge >= 0.3 is 0 Å². The lowest BCUT2D eigenvalue weighted by molar-refractivity contribution is -0.131. The molecule has 5 nitrogen and oxygen atoms in total. The number of nitrogens with two attached hydrogens (primary N) is 1. The van der Waals surface area contributed by atoms with Crippen molar-refractivity contribution in [3.8, 4) is 5.75 Å². The molecule has 5 heteroatoms. The van der Waals surface area contributed by atoms with Gasteiger partial charge in [-0.2, -0.15) is 0 Å². The molecule has 1 amide bonds. The smallest absolute Gasteiger partial charge is 0.223 e. The van der Waals surface area contributed by atoms with Crippen molar-refractivity contribution in [3.63, 3.8) is 0 Å². The fourth-order valence-corrected chi connectivity index (χ4v) is 2.87. The van der Waals surface area contributed by atoms with E-state index in [0.717, 1.165) is 31.6 Å². The fraction of sp³-hybridized carbons (Fsp3) is 0.556. The molecule has 1 aromatic carbocycles. The van der Waals surface area contributed by atoms with Crippen LogP contribution < -0.4 is 10.5 Å². The molecule has 1 fully saturated rings. The van der Waals surface area contributed by atoms with Gasteiger partial charge in [-0.25, -0.2) is 0 Å². The van der Waals surface area contributed by atoms with Crippen LogP contribution in [0.1, 0.15) is 49.4 Å². The highest BCUT2D eigenvalue weighted by Gasteiger charge is 2.27. The van der Waals surface area contributed by atoms with Crippen molar-refractivity contribution in [2.45, 2.75) is 45.1 Å². The van der Waals surface area contributed by atoms with Crippen LogP contribution in [0.3, 0.4) is 0 Å². The Hall–Kier alpha value is -1.88. The molecule has 1 atom stereocenters. The van der Waals surface area contributed by atoms with Crippen molar-refractivity contribution in [1.29, 1.82) is 0 Å². The first-order valence-corrected chi connectivity index (χ1v) is 8.41. The molecular weight excluding hydrogens is 292 g/mol. The van der Waals surface area contributed by atoms with Crippen LogP contribution in [0.5, 0.6) is 5.75 Å². The molecule has 2 N–H and O–H groups in total. The summed E-state index contributed by atoms with van der Waals surface area (Å²) in [6, 6.07) is 7.27. The van der Waals surface area contributed by atoms with Gasteiger partial charge in [0, 0.05) is 37.5 Å². The molecule has 1 aliphatic heterocycles. The number of ether oxygens (including phenoxy) is 1. The second-order valence-corrected chi connectivity index (χ2v) is 5.91. The van der Waals surface area contributed by atoms with E-state index in [4.69, 9.17) is 10.5 Å². The summed E-state index contributed by atoms with van der Waals surface area (Å²) in [6.07, 6.45) is 3.41. The van der Waals surface area contributed by atoms with Gasteiger partial charge < -0.3 is 15.4 Å². The topological polar surface area (TPSA) is 72.6 Å². The largest absolute Gasteiger partial charge is 0.494 e. The van der Waals surface area contributed by atoms with E-state index >= 15 is 0 Å². The summed E-state index contributed by atoms with van der Waals surface area (Å²) >= 11 is 0. The molecule has 2 rings (SSSR count). The Bertz CT molecular complexity index is 528. The Morgan fingerprint density at radius 2 is 2.00 bits per heavy atom. The average Bonchev–Trinajstić information content (AvgIpc) is 3.06. The van der Waals surface area contributed by atoms with Crippen molar-refractivity contribution >= 4 is 11.7 Å². The maximum atomic E-state index is 12.2. The number of nitrogens with zero attached hydrogens (tertiary/aromatic N) is 1. The summed E-state index contributed by atoms with van der Waals surface area (Å²) in [5, 5.41) is 0. The summed E-state index contributed by atoms with van der Waals surface area (Å²) in [6.45, 7) is 3.97. The van der Waals surface area contributed by atoms with Gasteiger partial charge in [0.1, 0.15) is 5.75 Å². The van der Waals surface area contributed by atoms with E-state index < -0.39 is 0 Å². The van der Waals surface area contributed by atoms with E-state index in [9.17, 15) is 9.59 Å². The molecule has 1 aromatic rings. The molecule has 23 heavy (non-hydrogen) atoms. The van der Waals surface area contributed by atoms with Crippen LogP contribution in [0, 0.1) is 0 Å². The number of carbonyl (C=O) groups is 2. The number of rotatable bonds is 8. The number of Topliss-reactive ketones (excluding diaryl/α,β-unsaturated/α-hetero) is 1. The number of benzene rings is 1. The zero-order chi connectivity index (χ0) is 16.7. The van der Waals surface area contributed by atoms with E-state index in [-0.39, 0.29) is 30.6 Å². The Labute approximate surface area is 137 Å². The second-order valence-electron chi connectivity index (χ2n) is 5.91. The predicted molar refractivity (Wildman–Crippen MR) is 89.6 cm³/mol. The Kier molecular flexibility index (Phi) is 6.59. The molecule has 0 aromatic heterocycles. The molecule has 1 aliphatic rings. The summed E-state index contributed by atoms with van der Waals surface area (Å²) in [7, 11) is 0. The summed E-state index contributed by atoms with van der Waals surface area (Å²) in [5.74, 6) is 0.792. The van der Waals surface area contributed by atoms with Crippen LogP contribution in [0.4, 0.5) is 0 Å². The quantitative estimate of drug-likeness (QED) is 0.747. The van der Waals surface area contributed by atoms with Gasteiger partial charge in [-0.15, -0.1) is 0 Å². The highest BCUT2D eigenvalue weighted by molar-refractivity contribution is 5.98. The minimum absolute atomic E-state index is 0.0103. The zero-order valence-electron chi connectivity index (χ0n) is 13.8. The van der Waals surface area contributed by atoms with E-state index in [1.54, 1.807) is 24.3 Å². The van der Waals surface area contributed by atoms with Gasteiger partial charge in [0.15, 0.2) is 5.78 Å². The number of likely N-dealkylation sites (tertiary alicyclic amines) is 1. The summed E-state index contributed by atoms with van der Waals surface area (Å²) in [4.78, 5) is 26.3. The number of hydrogen-bond acceptors (Lipinski definition) is 4.